The number of nitrogens with two attached hydrogens (primary N) is 1. The Morgan fingerprint density at radius 3 is 1.89 bits per heavy atom. The van der Waals surface area contributed by atoms with E-state index < -0.39 is 41.9 Å². The van der Waals surface area contributed by atoms with E-state index in [1.807, 2.05) is 91.9 Å². The number of aryl methyl sites for hydroxylation is 1. The maximum atomic E-state index is 14.3. The van der Waals surface area contributed by atoms with Crippen molar-refractivity contribution in [3.8, 4) is 0 Å². The van der Waals surface area contributed by atoms with Crippen LogP contribution in [-0.2, 0) is 35.2 Å². The van der Waals surface area contributed by atoms with Crippen molar-refractivity contribution in [2.45, 2.75) is 133 Å². The van der Waals surface area contributed by atoms with Gasteiger partial charge in [0.25, 0.3) is 0 Å². The van der Waals surface area contributed by atoms with Crippen molar-refractivity contribution >= 4 is 35.4 Å². The van der Waals surface area contributed by atoms with Gasteiger partial charge in [-0.25, -0.2) is 0 Å². The van der Waals surface area contributed by atoms with Crippen LogP contribution >= 0.6 is 0 Å². The average Bonchev–Trinajstić information content (AvgIpc) is 3.80. The van der Waals surface area contributed by atoms with Crippen LogP contribution in [-0.4, -0.2) is 89.5 Å². The maximum absolute atomic E-state index is 14.3. The summed E-state index contributed by atoms with van der Waals surface area (Å²) in [5, 5.41) is 9.17. The largest absolute Gasteiger partial charge is 0.368 e. The zero-order valence-electron chi connectivity index (χ0n) is 36.6. The van der Waals surface area contributed by atoms with E-state index in [1.54, 1.807) is 11.9 Å². The average molecular weight is 847 g/mol. The van der Waals surface area contributed by atoms with Crippen molar-refractivity contribution in [1.82, 2.24) is 25.8 Å². The number of hydrogen-bond donors (Lipinski definition) is 4. The summed E-state index contributed by atoms with van der Waals surface area (Å²) < 4.78 is 0. The van der Waals surface area contributed by atoms with Gasteiger partial charge in [-0.2, -0.15) is 0 Å². The Morgan fingerprint density at radius 2 is 1.29 bits per heavy atom. The molecule has 2 aliphatic carbocycles. The molecule has 12 heteroatoms. The monoisotopic (exact) mass is 847 g/mol. The van der Waals surface area contributed by atoms with Gasteiger partial charge in [0.15, 0.2) is 0 Å². The number of likely N-dealkylation sites (tertiary alicyclic amines) is 1. The number of amides is 6. The number of likely N-dealkylation sites (N-methyl/N-ethyl adjacent to an activating group) is 1. The number of carbonyl (C=O) groups is 6. The van der Waals surface area contributed by atoms with E-state index >= 15 is 0 Å². The first kappa shape index (κ1) is 46.0. The van der Waals surface area contributed by atoms with Crippen LogP contribution in [0.25, 0.3) is 0 Å². The summed E-state index contributed by atoms with van der Waals surface area (Å²) in [5.41, 5.74) is 9.26. The van der Waals surface area contributed by atoms with Crippen LogP contribution in [0.1, 0.15) is 118 Å². The fourth-order valence-electron chi connectivity index (χ4n) is 9.71. The van der Waals surface area contributed by atoms with Gasteiger partial charge in [-0.05, 0) is 67.6 Å². The van der Waals surface area contributed by atoms with Crippen LogP contribution in [0.5, 0.6) is 0 Å². The molecule has 6 rings (SSSR count). The van der Waals surface area contributed by atoms with Crippen LogP contribution in [0.15, 0.2) is 84.9 Å². The Labute approximate surface area is 367 Å². The number of nitrogens with one attached hydrogen (secondary N) is 3. The van der Waals surface area contributed by atoms with Gasteiger partial charge in [0, 0.05) is 33.0 Å². The molecule has 3 aromatic carbocycles. The first-order valence-corrected chi connectivity index (χ1v) is 22.9. The van der Waals surface area contributed by atoms with Gasteiger partial charge < -0.3 is 31.5 Å². The normalized spacial score (nSPS) is 18.6. The highest BCUT2D eigenvalue weighted by molar-refractivity contribution is 5.95. The molecule has 0 aromatic heterocycles. The second-order valence-electron chi connectivity index (χ2n) is 17.9. The number of primary amides is 1. The summed E-state index contributed by atoms with van der Waals surface area (Å²) >= 11 is 0. The zero-order chi connectivity index (χ0) is 44.0. The van der Waals surface area contributed by atoms with E-state index in [4.69, 9.17) is 5.73 Å². The molecule has 3 aliphatic rings. The third-order valence-electron chi connectivity index (χ3n) is 13.2. The highest BCUT2D eigenvalue weighted by Crippen LogP contribution is 2.31. The SMILES string of the molecule is Cc1ccc(CC(NC(=O)C(c2ccccc2)c2ccccc2)C(=O)N(C)CCC(=O)NC(CC2CCCCC2)C(=O)NC(C(=O)N2CCCC2C(N)=O)C2CCCCC2)cc1. The summed E-state index contributed by atoms with van der Waals surface area (Å²) in [7, 11) is 1.63. The van der Waals surface area contributed by atoms with E-state index in [0.717, 1.165) is 86.5 Å². The van der Waals surface area contributed by atoms with Crippen LogP contribution in [0.4, 0.5) is 0 Å². The highest BCUT2D eigenvalue weighted by Gasteiger charge is 2.41. The summed E-state index contributed by atoms with van der Waals surface area (Å²) in [6, 6.07) is 23.5. The van der Waals surface area contributed by atoms with Crippen molar-refractivity contribution in [1.29, 1.82) is 0 Å². The summed E-state index contributed by atoms with van der Waals surface area (Å²) in [6.07, 6.45) is 11.5. The molecule has 3 aromatic rings. The Balaban J connectivity index is 1.15. The third-order valence-corrected chi connectivity index (χ3v) is 13.2. The van der Waals surface area contributed by atoms with Crippen molar-refractivity contribution in [2.75, 3.05) is 20.1 Å². The van der Waals surface area contributed by atoms with Gasteiger partial charge in [-0.15, -0.1) is 0 Å². The Kier molecular flexibility index (Phi) is 16.7. The standard InChI is InChI=1S/C50H66N6O6/c1-34-25-27-36(28-26-34)33-41(53-48(60)44(37-18-9-4-10-19-37)38-20-11-5-12-21-38)49(61)55(2)31-29-43(57)52-40(32-35-16-7-3-8-17-35)47(59)54-45(39-22-13-6-14-23-39)50(62)56-30-15-24-42(56)46(51)58/h4-5,9-12,18-21,25-28,35,39-42,44-45H,3,6-8,13-17,22-24,29-33H2,1-2H3,(H2,51,58)(H,52,57)(H,53,60)(H,54,59). The summed E-state index contributed by atoms with van der Waals surface area (Å²) in [6.45, 7) is 2.46. The van der Waals surface area contributed by atoms with Gasteiger partial charge in [0.1, 0.15) is 24.2 Å². The fourth-order valence-corrected chi connectivity index (χ4v) is 9.71. The lowest BCUT2D eigenvalue weighted by Crippen LogP contribution is -2.59. The lowest BCUT2D eigenvalue weighted by atomic mass is 9.82. The predicted molar refractivity (Wildman–Crippen MR) is 239 cm³/mol. The van der Waals surface area contributed by atoms with Gasteiger partial charge in [-0.1, -0.05) is 142 Å². The Morgan fingerprint density at radius 1 is 0.694 bits per heavy atom. The molecule has 62 heavy (non-hydrogen) atoms. The minimum atomic E-state index is -0.919. The molecule has 332 valence electrons. The van der Waals surface area contributed by atoms with E-state index in [-0.39, 0.29) is 54.9 Å². The minimum Gasteiger partial charge on any atom is -0.368 e. The molecule has 5 N–H and O–H groups in total. The van der Waals surface area contributed by atoms with Crippen LogP contribution in [0, 0.1) is 18.8 Å². The number of benzene rings is 3. The van der Waals surface area contributed by atoms with E-state index in [1.165, 1.54) is 4.90 Å². The molecule has 0 spiro atoms. The zero-order valence-corrected chi connectivity index (χ0v) is 36.6. The van der Waals surface area contributed by atoms with Crippen molar-refractivity contribution in [3.05, 3.63) is 107 Å². The Hall–Kier alpha value is -5.52. The van der Waals surface area contributed by atoms with E-state index in [2.05, 4.69) is 16.0 Å². The second-order valence-corrected chi connectivity index (χ2v) is 17.9. The molecule has 0 bridgehead atoms. The number of carbonyl (C=O) groups excluding carboxylic acids is 6. The fraction of sp³-hybridized carbons (Fsp3) is 0.520. The van der Waals surface area contributed by atoms with Gasteiger partial charge in [-0.3, -0.25) is 28.8 Å². The number of hydrogen-bond acceptors (Lipinski definition) is 6. The molecular formula is C50H66N6O6. The highest BCUT2D eigenvalue weighted by atomic mass is 16.2. The summed E-state index contributed by atoms with van der Waals surface area (Å²) in [5.74, 6) is -2.74. The van der Waals surface area contributed by atoms with Crippen LogP contribution in [0.2, 0.25) is 0 Å². The topological polar surface area (TPSA) is 171 Å². The molecule has 12 nitrogen and oxygen atoms in total. The first-order chi connectivity index (χ1) is 30.0. The van der Waals surface area contributed by atoms with Gasteiger partial charge in [0.05, 0.1) is 5.92 Å². The molecule has 1 aliphatic heterocycles. The quantitative estimate of drug-likeness (QED) is 0.128. The molecular weight excluding hydrogens is 781 g/mol. The van der Waals surface area contributed by atoms with Crippen molar-refractivity contribution in [3.63, 3.8) is 0 Å². The molecule has 4 unspecified atom stereocenters. The van der Waals surface area contributed by atoms with Crippen molar-refractivity contribution < 1.29 is 28.8 Å². The maximum Gasteiger partial charge on any atom is 0.246 e. The molecule has 3 fully saturated rings. The molecule has 0 radical (unpaired) electrons. The smallest absolute Gasteiger partial charge is 0.246 e. The lowest BCUT2D eigenvalue weighted by molar-refractivity contribution is -0.142. The van der Waals surface area contributed by atoms with Gasteiger partial charge >= 0.3 is 0 Å². The molecule has 2 saturated carbocycles. The number of rotatable bonds is 18. The first-order valence-electron chi connectivity index (χ1n) is 22.9. The molecule has 1 saturated heterocycles. The van der Waals surface area contributed by atoms with Crippen LogP contribution in [0.3, 0.4) is 0 Å². The minimum absolute atomic E-state index is 0.0517. The molecule has 1 heterocycles. The van der Waals surface area contributed by atoms with E-state index in [9.17, 15) is 28.8 Å². The lowest BCUT2D eigenvalue weighted by Gasteiger charge is -2.35. The van der Waals surface area contributed by atoms with Crippen LogP contribution < -0.4 is 21.7 Å². The number of nitrogens with zero attached hydrogens (tertiary/aromatic N) is 2. The Bertz CT molecular complexity index is 1920. The van der Waals surface area contributed by atoms with E-state index in [0.29, 0.717) is 25.8 Å². The molecule has 6 amide bonds. The molecule has 4 atom stereocenters. The second kappa shape index (κ2) is 22.5. The predicted octanol–water partition coefficient (Wildman–Crippen LogP) is 5.70. The van der Waals surface area contributed by atoms with Crippen molar-refractivity contribution in [2.24, 2.45) is 17.6 Å². The van der Waals surface area contributed by atoms with Gasteiger partial charge in [0.2, 0.25) is 35.4 Å². The third kappa shape index (κ3) is 12.5. The summed E-state index contributed by atoms with van der Waals surface area (Å²) in [4.78, 5) is 86.2.